The van der Waals surface area contributed by atoms with Gasteiger partial charge in [0.1, 0.15) is 18.2 Å². The highest BCUT2D eigenvalue weighted by molar-refractivity contribution is 6.02. The van der Waals surface area contributed by atoms with Gasteiger partial charge in [0.15, 0.2) is 11.5 Å². The van der Waals surface area contributed by atoms with E-state index >= 15 is 0 Å². The van der Waals surface area contributed by atoms with E-state index in [9.17, 15) is 20.0 Å². The van der Waals surface area contributed by atoms with Crippen LogP contribution < -0.4 is 19.3 Å². The maximum atomic E-state index is 13.9. The number of carboxylic acid groups (broad SMARTS) is 1. The summed E-state index contributed by atoms with van der Waals surface area (Å²) >= 11 is 0. The highest BCUT2D eigenvalue weighted by Crippen LogP contribution is 2.38. The lowest BCUT2D eigenvalue weighted by Crippen LogP contribution is -2.48. The molecule has 11 nitrogen and oxygen atoms in total. The Balaban J connectivity index is 1.21. The molecule has 218 valence electrons. The second kappa shape index (κ2) is 11.5. The summed E-state index contributed by atoms with van der Waals surface area (Å²) in [5.41, 5.74) is 2.86. The van der Waals surface area contributed by atoms with Crippen LogP contribution in [-0.4, -0.2) is 65.8 Å². The number of amides is 2. The SMILES string of the molecule is COc1cc2ncnc(N3CCC(CN4Cc5ccccc5N(c5ccc(C(=O)O)c(C#N)c5)C4=O)CC3)c2cc1OC. The lowest BCUT2D eigenvalue weighted by molar-refractivity contribution is 0.0696. The molecule has 43 heavy (non-hydrogen) atoms. The summed E-state index contributed by atoms with van der Waals surface area (Å²) in [6, 6.07) is 17.6. The third-order valence-corrected chi connectivity index (χ3v) is 8.18. The molecule has 0 spiro atoms. The smallest absolute Gasteiger partial charge is 0.337 e. The molecule has 2 aliphatic rings. The van der Waals surface area contributed by atoms with Crippen molar-refractivity contribution in [2.75, 3.05) is 43.7 Å². The molecule has 3 aromatic carbocycles. The van der Waals surface area contributed by atoms with Crippen LogP contribution in [0.1, 0.15) is 34.3 Å². The number of carboxylic acids is 1. The monoisotopic (exact) mass is 578 g/mol. The fourth-order valence-electron chi connectivity index (χ4n) is 5.98. The standard InChI is InChI=1S/C32H30N6O5/c1-42-28-14-25-26(15-29(28)43-2)34-19-35-30(25)36-11-9-20(10-12-36)17-37-18-21-5-3-4-6-27(21)38(32(37)41)23-7-8-24(31(39)40)22(13-23)16-33/h3-8,13-15,19-20H,9-12,17-18H2,1-2H3,(H,39,40). The Bertz CT molecular complexity index is 1760. The van der Waals surface area contributed by atoms with Crippen molar-refractivity contribution in [2.24, 2.45) is 5.92 Å². The van der Waals surface area contributed by atoms with Gasteiger partial charge in [-0.05, 0) is 54.7 Å². The average molecular weight is 579 g/mol. The molecule has 6 rings (SSSR count). The van der Waals surface area contributed by atoms with E-state index in [1.54, 1.807) is 31.5 Å². The Hall–Kier alpha value is -5.37. The van der Waals surface area contributed by atoms with Crippen LogP contribution in [0.5, 0.6) is 11.5 Å². The summed E-state index contributed by atoms with van der Waals surface area (Å²) in [7, 11) is 3.20. The second-order valence-electron chi connectivity index (χ2n) is 10.6. The van der Waals surface area contributed by atoms with Crippen molar-refractivity contribution in [3.05, 3.63) is 77.6 Å². The summed E-state index contributed by atoms with van der Waals surface area (Å²) in [5.74, 6) is 1.17. The number of methoxy groups -OCH3 is 2. The molecule has 0 aliphatic carbocycles. The van der Waals surface area contributed by atoms with Gasteiger partial charge in [0.25, 0.3) is 0 Å². The largest absolute Gasteiger partial charge is 0.493 e. The number of rotatable bonds is 7. The predicted octanol–water partition coefficient (Wildman–Crippen LogP) is 5.21. The molecule has 2 aliphatic heterocycles. The van der Waals surface area contributed by atoms with Crippen LogP contribution in [0.2, 0.25) is 0 Å². The number of piperidine rings is 1. The van der Waals surface area contributed by atoms with E-state index in [1.807, 2.05) is 47.4 Å². The van der Waals surface area contributed by atoms with Crippen molar-refractivity contribution in [1.29, 1.82) is 5.26 Å². The highest BCUT2D eigenvalue weighted by Gasteiger charge is 2.34. The van der Waals surface area contributed by atoms with Gasteiger partial charge in [-0.25, -0.2) is 19.6 Å². The topological polar surface area (TPSA) is 132 Å². The van der Waals surface area contributed by atoms with Crippen LogP contribution in [0.4, 0.5) is 22.0 Å². The van der Waals surface area contributed by atoms with Gasteiger partial charge in [0.05, 0.1) is 42.2 Å². The minimum Gasteiger partial charge on any atom is -0.493 e. The molecule has 0 radical (unpaired) electrons. The Kier molecular flexibility index (Phi) is 7.42. The number of carbonyl (C=O) groups is 2. The zero-order chi connectivity index (χ0) is 30.1. The van der Waals surface area contributed by atoms with Crippen molar-refractivity contribution in [3.8, 4) is 17.6 Å². The maximum absolute atomic E-state index is 13.9. The number of carbonyl (C=O) groups excluding carboxylic acids is 1. The van der Waals surface area contributed by atoms with Crippen LogP contribution in [0.15, 0.2) is 60.9 Å². The van der Waals surface area contributed by atoms with Gasteiger partial charge in [-0.2, -0.15) is 5.26 Å². The number of hydrogen-bond donors (Lipinski definition) is 1. The molecule has 1 fully saturated rings. The Morgan fingerprint density at radius 2 is 1.79 bits per heavy atom. The lowest BCUT2D eigenvalue weighted by Gasteiger charge is -2.40. The molecule has 1 aromatic heterocycles. The summed E-state index contributed by atoms with van der Waals surface area (Å²) in [4.78, 5) is 40.2. The van der Waals surface area contributed by atoms with E-state index in [4.69, 9.17) is 9.47 Å². The Morgan fingerprint density at radius 1 is 1.05 bits per heavy atom. The minimum atomic E-state index is -1.18. The first kappa shape index (κ1) is 27.8. The van der Waals surface area contributed by atoms with Crippen LogP contribution >= 0.6 is 0 Å². The molecule has 3 heterocycles. The maximum Gasteiger partial charge on any atom is 0.337 e. The molecule has 0 saturated carbocycles. The molecular weight excluding hydrogens is 548 g/mol. The number of fused-ring (bicyclic) bond motifs is 2. The van der Waals surface area contributed by atoms with E-state index in [2.05, 4.69) is 14.9 Å². The number of anilines is 3. The summed E-state index contributed by atoms with van der Waals surface area (Å²) in [5, 5.41) is 19.9. The van der Waals surface area contributed by atoms with Crippen molar-refractivity contribution >= 4 is 40.1 Å². The summed E-state index contributed by atoms with van der Waals surface area (Å²) in [6.45, 7) is 2.60. The summed E-state index contributed by atoms with van der Waals surface area (Å²) in [6.07, 6.45) is 3.31. The van der Waals surface area contributed by atoms with Crippen LogP contribution in [0, 0.1) is 17.2 Å². The van der Waals surface area contributed by atoms with Crippen LogP contribution in [0.3, 0.4) is 0 Å². The van der Waals surface area contributed by atoms with E-state index in [-0.39, 0.29) is 23.1 Å². The fourth-order valence-corrected chi connectivity index (χ4v) is 5.98. The average Bonchev–Trinajstić information content (AvgIpc) is 3.04. The predicted molar refractivity (Wildman–Crippen MR) is 160 cm³/mol. The van der Waals surface area contributed by atoms with Crippen molar-refractivity contribution in [2.45, 2.75) is 19.4 Å². The molecule has 0 atom stereocenters. The highest BCUT2D eigenvalue weighted by atomic mass is 16.5. The molecule has 2 amide bonds. The van der Waals surface area contributed by atoms with Gasteiger partial charge < -0.3 is 24.4 Å². The molecule has 1 saturated heterocycles. The minimum absolute atomic E-state index is 0.00749. The van der Waals surface area contributed by atoms with Gasteiger partial charge in [-0.3, -0.25) is 4.90 Å². The van der Waals surface area contributed by atoms with Gasteiger partial charge in [-0.1, -0.05) is 18.2 Å². The van der Waals surface area contributed by atoms with Gasteiger partial charge in [0, 0.05) is 37.6 Å². The van der Waals surface area contributed by atoms with Gasteiger partial charge in [-0.15, -0.1) is 0 Å². The zero-order valence-corrected chi connectivity index (χ0v) is 23.9. The zero-order valence-electron chi connectivity index (χ0n) is 23.9. The van der Waals surface area contributed by atoms with Crippen molar-refractivity contribution < 1.29 is 24.2 Å². The number of nitriles is 1. The molecule has 11 heteroatoms. The first-order valence-corrected chi connectivity index (χ1v) is 14.0. The van der Waals surface area contributed by atoms with E-state index in [1.165, 1.54) is 12.1 Å². The number of benzene rings is 3. The summed E-state index contributed by atoms with van der Waals surface area (Å²) < 4.78 is 10.9. The lowest BCUT2D eigenvalue weighted by atomic mass is 9.95. The number of aromatic carboxylic acids is 1. The van der Waals surface area contributed by atoms with E-state index in [0.29, 0.717) is 30.3 Å². The van der Waals surface area contributed by atoms with Crippen LogP contribution in [0.25, 0.3) is 10.9 Å². The van der Waals surface area contributed by atoms with Crippen molar-refractivity contribution in [3.63, 3.8) is 0 Å². The Morgan fingerprint density at radius 3 is 2.51 bits per heavy atom. The first-order valence-electron chi connectivity index (χ1n) is 14.0. The number of urea groups is 1. The quantitative estimate of drug-likeness (QED) is 0.314. The van der Waals surface area contributed by atoms with E-state index < -0.39 is 5.97 Å². The molecule has 0 unspecified atom stereocenters. The fraction of sp³-hybridized carbons (Fsp3) is 0.281. The first-order chi connectivity index (χ1) is 20.9. The van der Waals surface area contributed by atoms with Gasteiger partial charge in [0.2, 0.25) is 0 Å². The normalized spacial score (nSPS) is 15.3. The number of nitrogens with zero attached hydrogens (tertiary/aromatic N) is 6. The Labute approximate surface area is 248 Å². The molecule has 4 aromatic rings. The molecule has 0 bridgehead atoms. The number of hydrogen-bond acceptors (Lipinski definition) is 8. The van der Waals surface area contributed by atoms with Gasteiger partial charge >= 0.3 is 12.0 Å². The van der Waals surface area contributed by atoms with E-state index in [0.717, 1.165) is 53.9 Å². The van der Waals surface area contributed by atoms with Crippen LogP contribution in [-0.2, 0) is 6.54 Å². The third-order valence-electron chi connectivity index (χ3n) is 8.18. The second-order valence-corrected chi connectivity index (χ2v) is 10.6. The number of para-hydroxylation sites is 1. The number of aromatic nitrogens is 2. The molecular formula is C32H30N6O5. The van der Waals surface area contributed by atoms with Crippen molar-refractivity contribution in [1.82, 2.24) is 14.9 Å². The number of ether oxygens (including phenoxy) is 2. The molecule has 1 N–H and O–H groups in total. The third kappa shape index (κ3) is 5.12.